The zero-order valence-corrected chi connectivity index (χ0v) is 34.7. The molecule has 1 aromatic rings. The number of quaternary nitrogens is 1. The van der Waals surface area contributed by atoms with Crippen LogP contribution in [0.15, 0.2) is 30.6 Å². The maximum atomic E-state index is 13.9. The average molecular weight is 743 g/mol. The number of amides is 1. The number of esters is 1. The van der Waals surface area contributed by atoms with E-state index in [1.54, 1.807) is 0 Å². The first-order valence-electron chi connectivity index (χ1n) is 22.0. The number of nitrogens with two attached hydrogens (primary N) is 1. The summed E-state index contributed by atoms with van der Waals surface area (Å²) >= 11 is 0. The highest BCUT2D eigenvalue weighted by Crippen LogP contribution is 2.44. The molecule has 1 aliphatic rings. The molecule has 8 heteroatoms. The van der Waals surface area contributed by atoms with Crippen LogP contribution in [-0.2, 0) is 25.7 Å². The number of carbonyl (C=O) groups is 3. The van der Waals surface area contributed by atoms with E-state index in [0.29, 0.717) is 25.4 Å². The van der Waals surface area contributed by atoms with Gasteiger partial charge in [0.05, 0.1) is 38.7 Å². The largest absolute Gasteiger partial charge is 0.550 e. The van der Waals surface area contributed by atoms with Gasteiger partial charge in [0.2, 0.25) is 5.91 Å². The summed E-state index contributed by atoms with van der Waals surface area (Å²) in [5.41, 5.74) is 5.64. The number of aryl methyl sites for hydroxylation is 1. The lowest BCUT2D eigenvalue weighted by Gasteiger charge is -2.41. The van der Waals surface area contributed by atoms with E-state index in [9.17, 15) is 19.5 Å². The van der Waals surface area contributed by atoms with Crippen LogP contribution >= 0.6 is 0 Å². The monoisotopic (exact) mass is 743 g/mol. The number of aliphatic carboxylic acids is 1. The Morgan fingerprint density at radius 1 is 0.792 bits per heavy atom. The number of hydrogen-bond acceptors (Lipinski definition) is 5. The molecule has 0 aromatic carbocycles. The van der Waals surface area contributed by atoms with Crippen LogP contribution in [0.2, 0.25) is 0 Å². The minimum absolute atomic E-state index is 0.0944. The minimum atomic E-state index is -1.09. The number of hydrogen-bond donors (Lipinski definition) is 1. The molecule has 1 amide bonds. The van der Waals surface area contributed by atoms with Crippen molar-refractivity contribution in [2.45, 2.75) is 170 Å². The summed E-state index contributed by atoms with van der Waals surface area (Å²) in [5.74, 6) is -2.77. The predicted molar refractivity (Wildman–Crippen MR) is 213 cm³/mol. The van der Waals surface area contributed by atoms with Gasteiger partial charge in [0.15, 0.2) is 12.4 Å². The second kappa shape index (κ2) is 27.2. The van der Waals surface area contributed by atoms with Crippen LogP contribution in [-0.4, -0.2) is 55.1 Å². The molecule has 0 aliphatic heterocycles. The second-order valence-corrected chi connectivity index (χ2v) is 16.8. The Hall–Kier alpha value is -2.48. The standard InChI is InChI=1S/C45H79N3O5/c1-6-29-48(30-7-2,31-8-3)36-37(5)33-40(34-39-24-23-25-41(39)42(44(50)51)35-38(9-4)43(46)49)45(52)53-32-22-17-15-13-11-10-12-14-16-19-26-47-27-20-18-21-28-47/h18,20-21,27-28,37-42H,6-17,19,22-26,29-36H2,1-5H3,(H-2,46,49,50,51)/p+1. The van der Waals surface area contributed by atoms with Crippen LogP contribution < -0.4 is 15.4 Å². The lowest BCUT2D eigenvalue weighted by molar-refractivity contribution is -0.931. The first-order chi connectivity index (χ1) is 25.6. The molecule has 2 N–H and O–H groups in total. The summed E-state index contributed by atoms with van der Waals surface area (Å²) in [6.45, 7) is 17.1. The van der Waals surface area contributed by atoms with E-state index in [4.69, 9.17) is 10.5 Å². The van der Waals surface area contributed by atoms with Crippen LogP contribution in [0.3, 0.4) is 0 Å². The third kappa shape index (κ3) is 18.1. The molecule has 0 radical (unpaired) electrons. The molecule has 0 saturated heterocycles. The quantitative estimate of drug-likeness (QED) is 0.0346. The summed E-state index contributed by atoms with van der Waals surface area (Å²) < 4.78 is 9.38. The third-order valence-corrected chi connectivity index (χ3v) is 12.2. The summed E-state index contributed by atoms with van der Waals surface area (Å²) in [5, 5.41) is 12.5. The fraction of sp³-hybridized carbons (Fsp3) is 0.822. The Morgan fingerprint density at radius 3 is 1.89 bits per heavy atom. The highest BCUT2D eigenvalue weighted by atomic mass is 16.5. The Labute approximate surface area is 324 Å². The maximum Gasteiger partial charge on any atom is 0.308 e. The first-order valence-corrected chi connectivity index (χ1v) is 22.0. The van der Waals surface area contributed by atoms with Gasteiger partial charge in [0.1, 0.15) is 6.54 Å². The number of ether oxygens (including phenoxy) is 1. The lowest BCUT2D eigenvalue weighted by atomic mass is 9.74. The van der Waals surface area contributed by atoms with Crippen molar-refractivity contribution < 1.29 is 33.3 Å². The normalized spacial score (nSPS) is 18.4. The van der Waals surface area contributed by atoms with Crippen molar-refractivity contribution in [3.05, 3.63) is 30.6 Å². The molecule has 6 atom stereocenters. The zero-order valence-electron chi connectivity index (χ0n) is 34.7. The summed E-state index contributed by atoms with van der Waals surface area (Å²) in [6, 6.07) is 6.24. The van der Waals surface area contributed by atoms with E-state index >= 15 is 0 Å². The van der Waals surface area contributed by atoms with Crippen molar-refractivity contribution >= 4 is 17.8 Å². The summed E-state index contributed by atoms with van der Waals surface area (Å²) in [7, 11) is 0. The smallest absolute Gasteiger partial charge is 0.308 e. The number of carboxylic acid groups (broad SMARTS) is 1. The van der Waals surface area contributed by atoms with Crippen molar-refractivity contribution in [2.75, 3.05) is 32.8 Å². The predicted octanol–water partition coefficient (Wildman–Crippen LogP) is 8.18. The molecular formula is C45H80N3O5+. The van der Waals surface area contributed by atoms with Crippen molar-refractivity contribution in [3.8, 4) is 0 Å². The Bertz CT molecular complexity index is 1110. The van der Waals surface area contributed by atoms with Crippen molar-refractivity contribution in [3.63, 3.8) is 0 Å². The highest BCUT2D eigenvalue weighted by Gasteiger charge is 2.39. The van der Waals surface area contributed by atoms with Crippen LogP contribution in [0.1, 0.15) is 163 Å². The SMILES string of the molecule is CCC[N+](CCC)(CCC)CC(C)CC(CC1CCCC1C(CC(CC)C(N)=O)C(=O)[O-])C(=O)OCCCCCCCCCCCC[n+]1ccccc1. The Kier molecular flexibility index (Phi) is 23.9. The maximum absolute atomic E-state index is 13.9. The van der Waals surface area contributed by atoms with Gasteiger partial charge in [-0.05, 0) is 76.0 Å². The molecule has 1 fully saturated rings. The summed E-state index contributed by atoms with van der Waals surface area (Å²) in [4.78, 5) is 38.4. The van der Waals surface area contributed by atoms with E-state index in [1.165, 1.54) is 51.4 Å². The second-order valence-electron chi connectivity index (χ2n) is 16.8. The van der Waals surface area contributed by atoms with Gasteiger partial charge in [-0.1, -0.05) is 98.5 Å². The fourth-order valence-electron chi connectivity index (χ4n) is 9.72. The van der Waals surface area contributed by atoms with Crippen LogP contribution in [0.4, 0.5) is 0 Å². The van der Waals surface area contributed by atoms with Crippen LogP contribution in [0.25, 0.3) is 0 Å². The van der Waals surface area contributed by atoms with Gasteiger partial charge >= 0.3 is 5.97 Å². The van der Waals surface area contributed by atoms with Crippen molar-refractivity contribution in [1.82, 2.24) is 0 Å². The van der Waals surface area contributed by atoms with E-state index in [0.717, 1.165) is 95.0 Å². The molecule has 0 bridgehead atoms. The molecule has 1 aliphatic carbocycles. The molecular weight excluding hydrogens is 663 g/mol. The Morgan fingerprint density at radius 2 is 1.36 bits per heavy atom. The lowest BCUT2D eigenvalue weighted by Crippen LogP contribution is -2.52. The number of nitrogens with zero attached hydrogens (tertiary/aromatic N) is 2. The van der Waals surface area contributed by atoms with Gasteiger partial charge in [-0.15, -0.1) is 0 Å². The molecule has 8 nitrogen and oxygen atoms in total. The average Bonchev–Trinajstić information content (AvgIpc) is 3.58. The number of pyridine rings is 1. The minimum Gasteiger partial charge on any atom is -0.550 e. The van der Waals surface area contributed by atoms with E-state index < -0.39 is 23.7 Å². The topological polar surface area (TPSA) is 113 Å². The highest BCUT2D eigenvalue weighted by molar-refractivity contribution is 5.78. The van der Waals surface area contributed by atoms with Gasteiger partial charge in [-0.2, -0.15) is 0 Å². The van der Waals surface area contributed by atoms with Gasteiger partial charge in [-0.25, -0.2) is 4.57 Å². The number of unbranched alkanes of at least 4 members (excludes halogenated alkanes) is 9. The first kappa shape index (κ1) is 46.7. The van der Waals surface area contributed by atoms with Gasteiger partial charge in [0.25, 0.3) is 0 Å². The molecule has 53 heavy (non-hydrogen) atoms. The van der Waals surface area contributed by atoms with Crippen LogP contribution in [0, 0.1) is 35.5 Å². The van der Waals surface area contributed by atoms with Gasteiger partial charge in [-0.3, -0.25) is 9.59 Å². The number of carboxylic acids is 1. The molecule has 304 valence electrons. The van der Waals surface area contributed by atoms with Crippen molar-refractivity contribution in [2.24, 2.45) is 41.2 Å². The molecule has 6 unspecified atom stereocenters. The zero-order chi connectivity index (χ0) is 38.9. The van der Waals surface area contributed by atoms with E-state index in [-0.39, 0.29) is 30.1 Å². The third-order valence-electron chi connectivity index (χ3n) is 12.2. The number of carbonyl (C=O) groups excluding carboxylic acids is 3. The molecule has 2 rings (SSSR count). The number of aromatic nitrogens is 1. The molecule has 1 saturated carbocycles. The number of rotatable bonds is 32. The van der Waals surface area contributed by atoms with E-state index in [1.807, 2.05) is 6.92 Å². The molecule has 1 aromatic heterocycles. The molecule has 0 spiro atoms. The van der Waals surface area contributed by atoms with Crippen molar-refractivity contribution in [1.29, 1.82) is 0 Å². The number of primary amides is 1. The van der Waals surface area contributed by atoms with Gasteiger partial charge < -0.3 is 24.9 Å². The molecule has 1 heterocycles. The van der Waals surface area contributed by atoms with Crippen LogP contribution in [0.5, 0.6) is 0 Å². The Balaban J connectivity index is 1.92. The van der Waals surface area contributed by atoms with E-state index in [2.05, 4.69) is 62.9 Å². The fourth-order valence-corrected chi connectivity index (χ4v) is 9.72. The van der Waals surface area contributed by atoms with Gasteiger partial charge in [0, 0.05) is 42.3 Å². The summed E-state index contributed by atoms with van der Waals surface area (Å²) in [6.07, 6.45) is 24.6.